The van der Waals surface area contributed by atoms with E-state index in [2.05, 4.69) is 18.7 Å². The van der Waals surface area contributed by atoms with Crippen molar-refractivity contribution < 1.29 is 14.3 Å². The number of benzene rings is 1. The van der Waals surface area contributed by atoms with Crippen LogP contribution in [0.4, 0.5) is 0 Å². The quantitative estimate of drug-likeness (QED) is 0.762. The van der Waals surface area contributed by atoms with Crippen LogP contribution in [0.3, 0.4) is 0 Å². The van der Waals surface area contributed by atoms with Crippen molar-refractivity contribution in [1.29, 1.82) is 0 Å². The normalized spacial score (nSPS) is 23.5. The predicted octanol–water partition coefficient (Wildman–Crippen LogP) is 2.41. The van der Waals surface area contributed by atoms with E-state index in [0.717, 1.165) is 32.3 Å². The van der Waals surface area contributed by atoms with Gasteiger partial charge in [0, 0.05) is 26.2 Å². The van der Waals surface area contributed by atoms with Gasteiger partial charge in [-0.2, -0.15) is 0 Å². The number of carbonyl (C=O) groups is 2. The second kappa shape index (κ2) is 8.99. The molecule has 0 radical (unpaired) electrons. The number of nitrogens with zero attached hydrogens (tertiary/aromatic N) is 2. The fraction of sp³-hybridized carbons (Fsp3) is 0.524. The van der Waals surface area contributed by atoms with Crippen LogP contribution in [0.1, 0.15) is 31.2 Å². The Morgan fingerprint density at radius 3 is 2.69 bits per heavy atom. The number of amides is 2. The Morgan fingerprint density at radius 2 is 2.00 bits per heavy atom. The second-order valence-electron chi connectivity index (χ2n) is 7.11. The molecule has 5 heteroatoms. The second-order valence-corrected chi connectivity index (χ2v) is 7.11. The summed E-state index contributed by atoms with van der Waals surface area (Å²) in [5, 5.41) is 0. The van der Waals surface area contributed by atoms with E-state index in [1.807, 2.05) is 28.0 Å². The molecule has 2 atom stereocenters. The zero-order chi connectivity index (χ0) is 18.4. The molecule has 2 aliphatic heterocycles. The van der Waals surface area contributed by atoms with E-state index < -0.39 is 0 Å². The SMILES string of the molecule is C=CC(=O)N1CCN(C(=O)CC2CCCCO2)C[C@@H]1Cc1ccccc1. The van der Waals surface area contributed by atoms with Crippen molar-refractivity contribution >= 4 is 11.8 Å². The molecule has 1 unspecified atom stereocenters. The van der Waals surface area contributed by atoms with Gasteiger partial charge in [-0.1, -0.05) is 36.9 Å². The lowest BCUT2D eigenvalue weighted by Gasteiger charge is -2.41. The molecule has 0 bridgehead atoms. The van der Waals surface area contributed by atoms with Crippen molar-refractivity contribution in [2.24, 2.45) is 0 Å². The lowest BCUT2D eigenvalue weighted by Crippen LogP contribution is -2.57. The monoisotopic (exact) mass is 356 g/mol. The number of ether oxygens (including phenoxy) is 1. The van der Waals surface area contributed by atoms with Crippen LogP contribution in [-0.4, -0.2) is 60.0 Å². The maximum Gasteiger partial charge on any atom is 0.246 e. The van der Waals surface area contributed by atoms with Crippen LogP contribution >= 0.6 is 0 Å². The number of hydrogen-bond acceptors (Lipinski definition) is 3. The fourth-order valence-corrected chi connectivity index (χ4v) is 3.84. The molecule has 140 valence electrons. The van der Waals surface area contributed by atoms with Crippen molar-refractivity contribution in [3.63, 3.8) is 0 Å². The molecule has 3 rings (SSSR count). The molecule has 2 aliphatic rings. The van der Waals surface area contributed by atoms with Gasteiger partial charge in [0.2, 0.25) is 11.8 Å². The molecule has 2 heterocycles. The summed E-state index contributed by atoms with van der Waals surface area (Å²) >= 11 is 0. The molecule has 1 aromatic rings. The molecule has 0 N–H and O–H groups in total. The van der Waals surface area contributed by atoms with Gasteiger partial charge in [0.05, 0.1) is 18.6 Å². The first-order chi connectivity index (χ1) is 12.7. The third-order valence-corrected chi connectivity index (χ3v) is 5.28. The van der Waals surface area contributed by atoms with Crippen LogP contribution in [0.15, 0.2) is 43.0 Å². The highest BCUT2D eigenvalue weighted by molar-refractivity contribution is 5.87. The zero-order valence-corrected chi connectivity index (χ0v) is 15.3. The van der Waals surface area contributed by atoms with Gasteiger partial charge in [0.25, 0.3) is 0 Å². The summed E-state index contributed by atoms with van der Waals surface area (Å²) in [5.41, 5.74) is 1.17. The summed E-state index contributed by atoms with van der Waals surface area (Å²) in [6.45, 7) is 6.09. The Balaban J connectivity index is 1.65. The van der Waals surface area contributed by atoms with E-state index in [-0.39, 0.29) is 24.0 Å². The number of rotatable bonds is 5. The molecule has 26 heavy (non-hydrogen) atoms. The van der Waals surface area contributed by atoms with Gasteiger partial charge in [0.15, 0.2) is 0 Å². The Labute approximate surface area is 155 Å². The van der Waals surface area contributed by atoms with Crippen molar-refractivity contribution in [1.82, 2.24) is 9.80 Å². The molecule has 5 nitrogen and oxygen atoms in total. The molecule has 0 aliphatic carbocycles. The molecule has 0 aromatic heterocycles. The Bertz CT molecular complexity index is 625. The predicted molar refractivity (Wildman–Crippen MR) is 101 cm³/mol. The molecule has 1 aromatic carbocycles. The van der Waals surface area contributed by atoms with Crippen molar-refractivity contribution in [2.75, 3.05) is 26.2 Å². The molecule has 2 saturated heterocycles. The topological polar surface area (TPSA) is 49.9 Å². The molecule has 0 saturated carbocycles. The summed E-state index contributed by atoms with van der Waals surface area (Å²) in [7, 11) is 0. The van der Waals surface area contributed by atoms with Gasteiger partial charge in [-0.3, -0.25) is 9.59 Å². The van der Waals surface area contributed by atoms with Crippen molar-refractivity contribution in [2.45, 2.75) is 44.2 Å². The van der Waals surface area contributed by atoms with Gasteiger partial charge in [-0.05, 0) is 37.3 Å². The average molecular weight is 356 g/mol. The van der Waals surface area contributed by atoms with Crippen LogP contribution < -0.4 is 0 Å². The van der Waals surface area contributed by atoms with E-state index in [9.17, 15) is 9.59 Å². The highest BCUT2D eigenvalue weighted by atomic mass is 16.5. The maximum absolute atomic E-state index is 12.7. The third kappa shape index (κ3) is 4.73. The molecule has 2 amide bonds. The maximum atomic E-state index is 12.7. The van der Waals surface area contributed by atoms with Gasteiger partial charge < -0.3 is 14.5 Å². The minimum Gasteiger partial charge on any atom is -0.378 e. The standard InChI is InChI=1S/C21H28N2O3/c1-2-20(24)23-12-11-22(21(25)15-19-10-6-7-13-26-19)16-18(23)14-17-8-4-3-5-9-17/h2-5,8-9,18-19H,1,6-7,10-16H2/t18-,19?/m0/s1. The summed E-state index contributed by atoms with van der Waals surface area (Å²) in [6.07, 6.45) is 5.80. The largest absolute Gasteiger partial charge is 0.378 e. The number of hydrogen-bond donors (Lipinski definition) is 0. The first-order valence-corrected chi connectivity index (χ1v) is 9.53. The summed E-state index contributed by atoms with van der Waals surface area (Å²) < 4.78 is 5.71. The summed E-state index contributed by atoms with van der Waals surface area (Å²) in [5.74, 6) is 0.0781. The molecule has 2 fully saturated rings. The van der Waals surface area contributed by atoms with Crippen LogP contribution in [-0.2, 0) is 20.7 Å². The lowest BCUT2D eigenvalue weighted by atomic mass is 10.0. The number of carbonyl (C=O) groups excluding carboxylic acids is 2. The minimum absolute atomic E-state index is 0.0205. The van der Waals surface area contributed by atoms with Gasteiger partial charge in [-0.15, -0.1) is 0 Å². The summed E-state index contributed by atoms with van der Waals surface area (Å²) in [6, 6.07) is 10.1. The van der Waals surface area contributed by atoms with E-state index in [0.29, 0.717) is 26.1 Å². The van der Waals surface area contributed by atoms with E-state index in [4.69, 9.17) is 4.74 Å². The first-order valence-electron chi connectivity index (χ1n) is 9.53. The van der Waals surface area contributed by atoms with Gasteiger partial charge >= 0.3 is 0 Å². The molecular formula is C21H28N2O3. The minimum atomic E-state index is -0.0614. The Hall–Kier alpha value is -2.14. The fourth-order valence-electron chi connectivity index (χ4n) is 3.84. The van der Waals surface area contributed by atoms with E-state index in [1.54, 1.807) is 0 Å². The summed E-state index contributed by atoms with van der Waals surface area (Å²) in [4.78, 5) is 28.7. The van der Waals surface area contributed by atoms with Crippen molar-refractivity contribution in [3.8, 4) is 0 Å². The highest BCUT2D eigenvalue weighted by Crippen LogP contribution is 2.20. The van der Waals surface area contributed by atoms with Crippen LogP contribution in [0.25, 0.3) is 0 Å². The van der Waals surface area contributed by atoms with E-state index >= 15 is 0 Å². The van der Waals surface area contributed by atoms with Gasteiger partial charge in [-0.25, -0.2) is 0 Å². The Morgan fingerprint density at radius 1 is 1.19 bits per heavy atom. The smallest absolute Gasteiger partial charge is 0.246 e. The lowest BCUT2D eigenvalue weighted by molar-refractivity contribution is -0.142. The number of piperazine rings is 1. The Kier molecular flexibility index (Phi) is 6.45. The average Bonchev–Trinajstić information content (AvgIpc) is 2.69. The van der Waals surface area contributed by atoms with Crippen molar-refractivity contribution in [3.05, 3.63) is 48.6 Å². The first kappa shape index (κ1) is 18.6. The zero-order valence-electron chi connectivity index (χ0n) is 15.3. The van der Waals surface area contributed by atoms with Crippen LogP contribution in [0.2, 0.25) is 0 Å². The van der Waals surface area contributed by atoms with E-state index in [1.165, 1.54) is 11.6 Å². The molecular weight excluding hydrogens is 328 g/mol. The highest BCUT2D eigenvalue weighted by Gasteiger charge is 2.32. The third-order valence-electron chi connectivity index (χ3n) is 5.28. The van der Waals surface area contributed by atoms with Gasteiger partial charge in [0.1, 0.15) is 0 Å². The molecule has 0 spiro atoms. The van der Waals surface area contributed by atoms with Crippen LogP contribution in [0, 0.1) is 0 Å². The van der Waals surface area contributed by atoms with Crippen LogP contribution in [0.5, 0.6) is 0 Å².